The lowest BCUT2D eigenvalue weighted by atomic mass is 9.71. The van der Waals surface area contributed by atoms with E-state index in [9.17, 15) is 19.1 Å². The van der Waals surface area contributed by atoms with Gasteiger partial charge in [-0.3, -0.25) is 9.59 Å². The van der Waals surface area contributed by atoms with E-state index in [0.717, 1.165) is 12.8 Å². The predicted octanol–water partition coefficient (Wildman–Crippen LogP) is 2.30. The maximum atomic E-state index is 12.9. The van der Waals surface area contributed by atoms with Crippen LogP contribution in [0.3, 0.4) is 0 Å². The van der Waals surface area contributed by atoms with Gasteiger partial charge in [-0.05, 0) is 48.8 Å². The van der Waals surface area contributed by atoms with E-state index in [4.69, 9.17) is 0 Å². The number of hydrogen-bond acceptors (Lipinski definition) is 2. The Kier molecular flexibility index (Phi) is 3.43. The highest BCUT2D eigenvalue weighted by Crippen LogP contribution is 2.63. The van der Waals surface area contributed by atoms with Gasteiger partial charge in [-0.15, -0.1) is 0 Å². The van der Waals surface area contributed by atoms with Crippen LogP contribution < -0.4 is 5.32 Å². The molecule has 2 N–H and O–H groups in total. The van der Waals surface area contributed by atoms with Gasteiger partial charge >= 0.3 is 5.97 Å². The van der Waals surface area contributed by atoms with E-state index in [-0.39, 0.29) is 18.4 Å². The molecular formula is C16H18FNO3. The molecule has 0 aliphatic heterocycles. The summed E-state index contributed by atoms with van der Waals surface area (Å²) >= 11 is 0. The first-order valence-electron chi connectivity index (χ1n) is 7.25. The molecule has 1 spiro atoms. The molecule has 1 aromatic carbocycles. The summed E-state index contributed by atoms with van der Waals surface area (Å²) in [6.45, 7) is 0.0449. The molecule has 21 heavy (non-hydrogen) atoms. The van der Waals surface area contributed by atoms with Crippen LogP contribution in [0.5, 0.6) is 0 Å². The molecule has 0 bridgehead atoms. The standard InChI is InChI=1S/C16H18FNO3/c17-12-3-1-10(2-4-12)13(15(20)21)9-18-14(19)11-7-16(8-11)5-6-16/h1-4,11,13H,5-9H2,(H,18,19)(H,20,21). The largest absolute Gasteiger partial charge is 0.481 e. The highest BCUT2D eigenvalue weighted by atomic mass is 19.1. The Morgan fingerprint density at radius 3 is 2.43 bits per heavy atom. The minimum Gasteiger partial charge on any atom is -0.481 e. The summed E-state index contributed by atoms with van der Waals surface area (Å²) in [6, 6.07) is 5.36. The zero-order chi connectivity index (χ0) is 15.0. The maximum Gasteiger partial charge on any atom is 0.312 e. The van der Waals surface area contributed by atoms with E-state index in [1.165, 1.54) is 37.1 Å². The molecule has 112 valence electrons. The van der Waals surface area contributed by atoms with Crippen molar-refractivity contribution in [3.05, 3.63) is 35.6 Å². The lowest BCUT2D eigenvalue weighted by Gasteiger charge is -2.34. The number of carbonyl (C=O) groups is 2. The summed E-state index contributed by atoms with van der Waals surface area (Å²) in [5, 5.41) is 12.0. The molecule has 0 aromatic heterocycles. The number of benzene rings is 1. The van der Waals surface area contributed by atoms with Crippen molar-refractivity contribution in [2.75, 3.05) is 6.54 Å². The van der Waals surface area contributed by atoms with Crippen LogP contribution in [-0.2, 0) is 9.59 Å². The van der Waals surface area contributed by atoms with Crippen LogP contribution in [0.4, 0.5) is 4.39 Å². The number of carboxylic acids is 1. The van der Waals surface area contributed by atoms with Gasteiger partial charge in [0.2, 0.25) is 5.91 Å². The van der Waals surface area contributed by atoms with Gasteiger partial charge in [0.25, 0.3) is 0 Å². The molecule has 4 nitrogen and oxygen atoms in total. The van der Waals surface area contributed by atoms with Crippen molar-refractivity contribution >= 4 is 11.9 Å². The highest BCUT2D eigenvalue weighted by molar-refractivity contribution is 5.82. The molecule has 5 heteroatoms. The summed E-state index contributed by atoms with van der Waals surface area (Å²) in [5.74, 6) is -2.29. The van der Waals surface area contributed by atoms with Gasteiger partial charge in [0.05, 0.1) is 5.92 Å². The van der Waals surface area contributed by atoms with Gasteiger partial charge in [-0.25, -0.2) is 4.39 Å². The van der Waals surface area contributed by atoms with Gasteiger partial charge < -0.3 is 10.4 Å². The Morgan fingerprint density at radius 2 is 1.90 bits per heavy atom. The maximum absolute atomic E-state index is 12.9. The SMILES string of the molecule is O=C(NCC(C(=O)O)c1ccc(F)cc1)C1CC2(CC2)C1. The van der Waals surface area contributed by atoms with Crippen LogP contribution in [0.1, 0.15) is 37.2 Å². The summed E-state index contributed by atoms with van der Waals surface area (Å²) in [7, 11) is 0. The van der Waals surface area contributed by atoms with Crippen molar-refractivity contribution in [3.8, 4) is 0 Å². The Bertz CT molecular complexity index is 557. The number of nitrogens with one attached hydrogen (secondary N) is 1. The fraction of sp³-hybridized carbons (Fsp3) is 0.500. The molecule has 0 heterocycles. The van der Waals surface area contributed by atoms with Gasteiger partial charge in [0.1, 0.15) is 5.82 Å². The Labute approximate surface area is 122 Å². The van der Waals surface area contributed by atoms with Gasteiger partial charge in [-0.2, -0.15) is 0 Å². The third-order valence-corrected chi connectivity index (χ3v) is 4.74. The van der Waals surface area contributed by atoms with Crippen LogP contribution >= 0.6 is 0 Å². The predicted molar refractivity (Wildman–Crippen MR) is 74.2 cm³/mol. The number of carbonyl (C=O) groups excluding carboxylic acids is 1. The number of carboxylic acid groups (broad SMARTS) is 1. The number of rotatable bonds is 5. The van der Waals surface area contributed by atoms with Crippen molar-refractivity contribution in [2.24, 2.45) is 11.3 Å². The second-order valence-corrected chi connectivity index (χ2v) is 6.29. The zero-order valence-electron chi connectivity index (χ0n) is 11.6. The topological polar surface area (TPSA) is 66.4 Å². The van der Waals surface area contributed by atoms with E-state index < -0.39 is 17.7 Å². The van der Waals surface area contributed by atoms with Crippen LogP contribution in [0.2, 0.25) is 0 Å². The number of halogens is 1. The molecule has 3 rings (SSSR count). The fourth-order valence-electron chi connectivity index (χ4n) is 3.15. The monoisotopic (exact) mass is 291 g/mol. The Morgan fingerprint density at radius 1 is 1.29 bits per heavy atom. The first-order valence-corrected chi connectivity index (χ1v) is 7.25. The molecule has 0 saturated heterocycles. The van der Waals surface area contributed by atoms with Crippen LogP contribution in [0, 0.1) is 17.2 Å². The normalized spacial score (nSPS) is 20.6. The zero-order valence-corrected chi connectivity index (χ0v) is 11.6. The lowest BCUT2D eigenvalue weighted by molar-refractivity contribution is -0.139. The van der Waals surface area contributed by atoms with E-state index in [1.54, 1.807) is 0 Å². The molecule has 2 fully saturated rings. The molecule has 0 radical (unpaired) electrons. The Balaban J connectivity index is 1.56. The lowest BCUT2D eigenvalue weighted by Crippen LogP contribution is -2.41. The second-order valence-electron chi connectivity index (χ2n) is 6.29. The van der Waals surface area contributed by atoms with Crippen molar-refractivity contribution in [2.45, 2.75) is 31.6 Å². The molecule has 2 aliphatic carbocycles. The van der Waals surface area contributed by atoms with Crippen molar-refractivity contribution in [1.29, 1.82) is 0 Å². The fourth-order valence-corrected chi connectivity index (χ4v) is 3.15. The average molecular weight is 291 g/mol. The van der Waals surface area contributed by atoms with Crippen LogP contribution in [0.25, 0.3) is 0 Å². The molecular weight excluding hydrogens is 273 g/mol. The number of aliphatic carboxylic acids is 1. The number of amides is 1. The minimum atomic E-state index is -1.02. The van der Waals surface area contributed by atoms with Crippen molar-refractivity contribution in [1.82, 2.24) is 5.32 Å². The molecule has 2 saturated carbocycles. The van der Waals surface area contributed by atoms with Gasteiger partial charge in [0.15, 0.2) is 0 Å². The van der Waals surface area contributed by atoms with E-state index in [1.807, 2.05) is 0 Å². The molecule has 1 unspecified atom stereocenters. The third kappa shape index (κ3) is 2.91. The molecule has 1 amide bonds. The highest BCUT2D eigenvalue weighted by Gasteiger charge is 2.54. The van der Waals surface area contributed by atoms with E-state index in [2.05, 4.69) is 5.32 Å². The molecule has 2 aliphatic rings. The average Bonchev–Trinajstić information content (AvgIpc) is 3.19. The summed E-state index contributed by atoms with van der Waals surface area (Å²) in [5.41, 5.74) is 0.946. The molecule has 1 aromatic rings. The van der Waals surface area contributed by atoms with Gasteiger partial charge in [-0.1, -0.05) is 12.1 Å². The number of hydrogen-bond donors (Lipinski definition) is 2. The summed E-state index contributed by atoms with van der Waals surface area (Å²) in [4.78, 5) is 23.3. The van der Waals surface area contributed by atoms with Crippen LogP contribution in [-0.4, -0.2) is 23.5 Å². The molecule has 1 atom stereocenters. The summed E-state index contributed by atoms with van der Waals surface area (Å²) in [6.07, 6.45) is 4.33. The second kappa shape index (κ2) is 5.13. The van der Waals surface area contributed by atoms with E-state index >= 15 is 0 Å². The quantitative estimate of drug-likeness (QED) is 0.874. The van der Waals surface area contributed by atoms with Crippen molar-refractivity contribution < 1.29 is 19.1 Å². The smallest absolute Gasteiger partial charge is 0.312 e. The minimum absolute atomic E-state index is 0.0372. The third-order valence-electron chi connectivity index (χ3n) is 4.74. The van der Waals surface area contributed by atoms with Gasteiger partial charge in [0, 0.05) is 12.5 Å². The first-order chi connectivity index (χ1) is 9.99. The Hall–Kier alpha value is -1.91. The van der Waals surface area contributed by atoms with Crippen molar-refractivity contribution in [3.63, 3.8) is 0 Å². The van der Waals surface area contributed by atoms with E-state index in [0.29, 0.717) is 11.0 Å². The first kappa shape index (κ1) is 14.0. The summed E-state index contributed by atoms with van der Waals surface area (Å²) < 4.78 is 12.9. The van der Waals surface area contributed by atoms with Crippen LogP contribution in [0.15, 0.2) is 24.3 Å².